The third kappa shape index (κ3) is 3.17. The molecule has 1 N–H and O–H groups in total. The van der Waals surface area contributed by atoms with Crippen LogP contribution in [0.4, 0.5) is 5.69 Å². The number of nitro groups is 1. The topological polar surface area (TPSA) is 102 Å². The molecular weight excluding hydrogens is 264 g/mol. The Morgan fingerprint density at radius 3 is 2.61 bits per heavy atom. The molecule has 1 rings (SSSR count). The first kappa shape index (κ1) is 13.9. The van der Waals surface area contributed by atoms with Gasteiger partial charge in [0.25, 0.3) is 0 Å². The summed E-state index contributed by atoms with van der Waals surface area (Å²) in [6.45, 7) is 2.56. The number of nitro benzene ring substituents is 1. The number of aromatic hydroxyl groups is 1. The number of nitrogens with zero attached hydrogens (tertiary/aromatic N) is 2. The molecule has 0 aromatic heterocycles. The number of hydrogen-bond acceptors (Lipinski definition) is 6. The number of carbonyl (C=O) groups is 1. The maximum Gasteiger partial charge on any atom is 0.331 e. The second-order valence-electron chi connectivity index (χ2n) is 3.34. The molecule has 0 saturated heterocycles. The Morgan fingerprint density at radius 1 is 1.50 bits per heavy atom. The predicted octanol–water partition coefficient (Wildman–Crippen LogP) is 2.24. The molecule has 0 fully saturated rings. The number of oxime groups is 1. The number of halogens is 1. The summed E-state index contributed by atoms with van der Waals surface area (Å²) in [5, 5.41) is 23.9. The third-order valence-electron chi connectivity index (χ3n) is 1.95. The molecule has 0 unspecified atom stereocenters. The van der Waals surface area contributed by atoms with Crippen LogP contribution in [0.3, 0.4) is 0 Å². The largest absolute Gasteiger partial charge is 0.502 e. The van der Waals surface area contributed by atoms with Gasteiger partial charge in [-0.2, -0.15) is 0 Å². The highest BCUT2D eigenvalue weighted by molar-refractivity contribution is 6.31. The van der Waals surface area contributed by atoms with E-state index in [1.165, 1.54) is 13.0 Å². The molecule has 0 aliphatic rings. The third-order valence-corrected chi connectivity index (χ3v) is 2.17. The molecule has 1 aromatic carbocycles. The summed E-state index contributed by atoms with van der Waals surface area (Å²) in [5.41, 5.74) is -0.432. The molecule has 0 aliphatic carbocycles. The number of phenolic OH excluding ortho intramolecular Hbond substituents is 1. The van der Waals surface area contributed by atoms with Gasteiger partial charge in [-0.15, -0.1) is 0 Å². The van der Waals surface area contributed by atoms with E-state index < -0.39 is 22.3 Å². The van der Waals surface area contributed by atoms with E-state index in [1.807, 2.05) is 0 Å². The second-order valence-corrected chi connectivity index (χ2v) is 3.77. The van der Waals surface area contributed by atoms with Crippen LogP contribution in [0.15, 0.2) is 17.3 Å². The van der Waals surface area contributed by atoms with Crippen molar-refractivity contribution in [3.8, 4) is 5.75 Å². The SMILES string of the molecule is CC(=O)O/N=C(\C)c1cc(Cl)cc([N+](=O)[O-])c1O. The fourth-order valence-electron chi connectivity index (χ4n) is 1.18. The molecule has 0 spiro atoms. The Kier molecular flexibility index (Phi) is 4.22. The van der Waals surface area contributed by atoms with Crippen molar-refractivity contribution in [2.24, 2.45) is 5.16 Å². The molecule has 0 saturated carbocycles. The van der Waals surface area contributed by atoms with Crippen molar-refractivity contribution in [1.82, 2.24) is 0 Å². The van der Waals surface area contributed by atoms with E-state index in [2.05, 4.69) is 9.99 Å². The van der Waals surface area contributed by atoms with Crippen LogP contribution >= 0.6 is 11.6 Å². The number of rotatable bonds is 3. The van der Waals surface area contributed by atoms with Crippen LogP contribution in [0.1, 0.15) is 19.4 Å². The van der Waals surface area contributed by atoms with Crippen LogP contribution in [0.5, 0.6) is 5.75 Å². The van der Waals surface area contributed by atoms with Crippen LogP contribution in [0.2, 0.25) is 5.02 Å². The quantitative estimate of drug-likeness (QED) is 0.393. The average molecular weight is 273 g/mol. The fraction of sp³-hybridized carbons (Fsp3) is 0.200. The molecule has 18 heavy (non-hydrogen) atoms. The summed E-state index contributed by atoms with van der Waals surface area (Å²) < 4.78 is 0. The van der Waals surface area contributed by atoms with E-state index in [4.69, 9.17) is 11.6 Å². The van der Waals surface area contributed by atoms with Gasteiger partial charge in [-0.3, -0.25) is 10.1 Å². The summed E-state index contributed by atoms with van der Waals surface area (Å²) in [7, 11) is 0. The normalized spacial score (nSPS) is 11.2. The minimum Gasteiger partial charge on any atom is -0.502 e. The molecule has 0 atom stereocenters. The smallest absolute Gasteiger partial charge is 0.331 e. The fourth-order valence-corrected chi connectivity index (χ4v) is 1.39. The van der Waals surface area contributed by atoms with Gasteiger partial charge in [-0.05, 0) is 13.0 Å². The summed E-state index contributed by atoms with van der Waals surface area (Å²) in [4.78, 5) is 24.9. The van der Waals surface area contributed by atoms with E-state index in [0.717, 1.165) is 13.0 Å². The van der Waals surface area contributed by atoms with Gasteiger partial charge < -0.3 is 9.94 Å². The predicted molar refractivity (Wildman–Crippen MR) is 63.7 cm³/mol. The van der Waals surface area contributed by atoms with Gasteiger partial charge in [0.15, 0.2) is 0 Å². The lowest BCUT2D eigenvalue weighted by atomic mass is 10.1. The van der Waals surface area contributed by atoms with Gasteiger partial charge >= 0.3 is 11.7 Å². The molecule has 0 heterocycles. The van der Waals surface area contributed by atoms with Gasteiger partial charge in [-0.25, -0.2) is 4.79 Å². The lowest BCUT2D eigenvalue weighted by Gasteiger charge is -2.05. The molecule has 8 heteroatoms. The van der Waals surface area contributed by atoms with Crippen molar-refractivity contribution < 1.29 is 19.7 Å². The van der Waals surface area contributed by atoms with E-state index in [1.54, 1.807) is 0 Å². The maximum absolute atomic E-state index is 10.7. The lowest BCUT2D eigenvalue weighted by Crippen LogP contribution is -2.01. The van der Waals surface area contributed by atoms with E-state index >= 15 is 0 Å². The van der Waals surface area contributed by atoms with Crippen molar-refractivity contribution in [1.29, 1.82) is 0 Å². The minimum atomic E-state index is -0.774. The Hall–Kier alpha value is -2.15. The number of phenols is 1. The first-order chi connectivity index (χ1) is 8.32. The van der Waals surface area contributed by atoms with Gasteiger partial charge in [0.05, 0.1) is 10.6 Å². The molecule has 96 valence electrons. The zero-order chi connectivity index (χ0) is 13.9. The standard InChI is InChI=1S/C10H9ClN2O5/c1-5(12-18-6(2)14)8-3-7(11)4-9(10(8)15)13(16)17/h3-4,15H,1-2H3/b12-5+. The molecule has 7 nitrogen and oxygen atoms in total. The van der Waals surface area contributed by atoms with Crippen molar-refractivity contribution in [2.45, 2.75) is 13.8 Å². The van der Waals surface area contributed by atoms with Crippen LogP contribution in [-0.4, -0.2) is 21.7 Å². The van der Waals surface area contributed by atoms with Gasteiger partial charge in [0, 0.05) is 23.6 Å². The molecule has 0 radical (unpaired) electrons. The Labute approximate surface area is 107 Å². The highest BCUT2D eigenvalue weighted by Crippen LogP contribution is 2.33. The molecule has 0 bridgehead atoms. The van der Waals surface area contributed by atoms with E-state index in [9.17, 15) is 20.0 Å². The Bertz CT molecular complexity index is 541. The Morgan fingerprint density at radius 2 is 2.11 bits per heavy atom. The summed E-state index contributed by atoms with van der Waals surface area (Å²) in [6, 6.07) is 2.30. The average Bonchev–Trinajstić information content (AvgIpc) is 2.28. The summed E-state index contributed by atoms with van der Waals surface area (Å²) in [5.74, 6) is -1.23. The van der Waals surface area contributed by atoms with Crippen molar-refractivity contribution in [2.75, 3.05) is 0 Å². The van der Waals surface area contributed by atoms with Crippen LogP contribution in [-0.2, 0) is 9.63 Å². The van der Waals surface area contributed by atoms with Crippen LogP contribution < -0.4 is 0 Å². The first-order valence-corrected chi connectivity index (χ1v) is 5.10. The number of hydrogen-bond donors (Lipinski definition) is 1. The number of benzene rings is 1. The zero-order valence-electron chi connectivity index (χ0n) is 9.51. The monoisotopic (exact) mass is 272 g/mol. The second kappa shape index (κ2) is 5.46. The van der Waals surface area contributed by atoms with E-state index in [-0.39, 0.29) is 16.3 Å². The maximum atomic E-state index is 10.7. The highest BCUT2D eigenvalue weighted by atomic mass is 35.5. The highest BCUT2D eigenvalue weighted by Gasteiger charge is 2.20. The van der Waals surface area contributed by atoms with Crippen molar-refractivity contribution in [3.05, 3.63) is 32.8 Å². The van der Waals surface area contributed by atoms with Crippen molar-refractivity contribution in [3.63, 3.8) is 0 Å². The van der Waals surface area contributed by atoms with Crippen molar-refractivity contribution >= 4 is 29.0 Å². The molecule has 0 amide bonds. The van der Waals surface area contributed by atoms with Crippen LogP contribution in [0, 0.1) is 10.1 Å². The minimum absolute atomic E-state index is 0.0236. The van der Waals surface area contributed by atoms with Crippen LogP contribution in [0.25, 0.3) is 0 Å². The summed E-state index contributed by atoms with van der Waals surface area (Å²) >= 11 is 5.69. The van der Waals surface area contributed by atoms with Gasteiger partial charge in [-0.1, -0.05) is 16.8 Å². The van der Waals surface area contributed by atoms with Gasteiger partial charge in [0.2, 0.25) is 5.75 Å². The molecular formula is C10H9ClN2O5. The van der Waals surface area contributed by atoms with Gasteiger partial charge in [0.1, 0.15) is 0 Å². The van der Waals surface area contributed by atoms with E-state index in [0.29, 0.717) is 0 Å². The zero-order valence-corrected chi connectivity index (χ0v) is 10.3. The lowest BCUT2D eigenvalue weighted by molar-refractivity contribution is -0.385. The first-order valence-electron chi connectivity index (χ1n) is 4.72. The summed E-state index contributed by atoms with van der Waals surface area (Å²) in [6.07, 6.45) is 0. The molecule has 1 aromatic rings. The Balaban J connectivity index is 3.28. The molecule has 0 aliphatic heterocycles. The number of carbonyl (C=O) groups excluding carboxylic acids is 1.